The molecule has 0 amide bonds. The number of nitrogens with two attached hydrogens (primary N) is 1. The molecule has 4 N–H and O–H groups in total. The van der Waals surface area contributed by atoms with E-state index < -0.39 is 5.97 Å². The summed E-state index contributed by atoms with van der Waals surface area (Å²) in [5, 5.41) is 8.82. The van der Waals surface area contributed by atoms with Crippen molar-refractivity contribution in [3.8, 4) is 5.75 Å². The van der Waals surface area contributed by atoms with Crippen LogP contribution in [0.25, 0.3) is 0 Å². The van der Waals surface area contributed by atoms with Crippen molar-refractivity contribution in [2.75, 3.05) is 12.0 Å². The fraction of sp³-hybridized carbons (Fsp3) is 0.222. The molecular weight excluding hydrogens is 184 g/mol. The zero-order valence-corrected chi connectivity index (χ0v) is 7.78. The highest BCUT2D eigenvalue weighted by atomic mass is 16.5. The number of anilines is 1. The zero-order valence-electron chi connectivity index (χ0n) is 7.78. The summed E-state index contributed by atoms with van der Waals surface area (Å²) in [6.45, 7) is 2.20. The number of benzene rings is 1. The number of nitrogen functional groups attached to an aromatic ring is 1. The molecule has 0 spiro atoms. The normalized spacial score (nSPS) is 9.57. The lowest BCUT2D eigenvalue weighted by atomic mass is 10.2. The van der Waals surface area contributed by atoms with Crippen molar-refractivity contribution >= 4 is 11.7 Å². The summed E-state index contributed by atoms with van der Waals surface area (Å²) in [6.07, 6.45) is 0. The quantitative estimate of drug-likeness (QED) is 0.495. The number of hydrogen-bond acceptors (Lipinski definition) is 4. The van der Waals surface area contributed by atoms with Gasteiger partial charge in [0.2, 0.25) is 0 Å². The molecule has 5 heteroatoms. The maximum Gasteiger partial charge on any atom is 0.339 e. The van der Waals surface area contributed by atoms with E-state index >= 15 is 0 Å². The minimum absolute atomic E-state index is 0.130. The SMILES string of the molecule is CCOc1cc(NN)ccc1C(=O)O. The third-order valence-corrected chi connectivity index (χ3v) is 1.68. The minimum Gasteiger partial charge on any atom is -0.493 e. The molecule has 1 aromatic rings. The summed E-state index contributed by atoms with van der Waals surface area (Å²) in [4.78, 5) is 10.8. The number of carbonyl (C=O) groups is 1. The molecule has 0 aliphatic rings. The maximum atomic E-state index is 10.8. The Morgan fingerprint density at radius 2 is 2.36 bits per heavy atom. The van der Waals surface area contributed by atoms with Gasteiger partial charge >= 0.3 is 5.97 Å². The molecule has 0 aliphatic carbocycles. The largest absolute Gasteiger partial charge is 0.493 e. The van der Waals surface area contributed by atoms with Crippen molar-refractivity contribution in [2.45, 2.75) is 6.92 Å². The first-order chi connectivity index (χ1) is 6.69. The number of hydrogen-bond donors (Lipinski definition) is 3. The molecule has 5 nitrogen and oxygen atoms in total. The second-order valence-corrected chi connectivity index (χ2v) is 2.59. The van der Waals surface area contributed by atoms with Gasteiger partial charge in [-0.25, -0.2) is 4.79 Å². The van der Waals surface area contributed by atoms with Crippen molar-refractivity contribution in [3.63, 3.8) is 0 Å². The van der Waals surface area contributed by atoms with Crippen LogP contribution in [0.2, 0.25) is 0 Å². The highest BCUT2D eigenvalue weighted by molar-refractivity contribution is 5.91. The van der Waals surface area contributed by atoms with Gasteiger partial charge in [0, 0.05) is 6.07 Å². The molecule has 0 aliphatic heterocycles. The number of nitrogens with one attached hydrogen (secondary N) is 1. The Morgan fingerprint density at radius 3 is 2.86 bits per heavy atom. The Kier molecular flexibility index (Phi) is 3.30. The van der Waals surface area contributed by atoms with E-state index in [-0.39, 0.29) is 5.56 Å². The van der Waals surface area contributed by atoms with E-state index in [0.29, 0.717) is 18.0 Å². The van der Waals surface area contributed by atoms with Crippen molar-refractivity contribution in [1.82, 2.24) is 0 Å². The summed E-state index contributed by atoms with van der Waals surface area (Å²) in [6, 6.07) is 4.57. The van der Waals surface area contributed by atoms with E-state index in [4.69, 9.17) is 15.7 Å². The molecule has 0 saturated carbocycles. The average molecular weight is 196 g/mol. The molecule has 0 atom stereocenters. The second-order valence-electron chi connectivity index (χ2n) is 2.59. The topological polar surface area (TPSA) is 84.6 Å². The molecule has 0 radical (unpaired) electrons. The molecule has 0 aromatic heterocycles. The van der Waals surface area contributed by atoms with Crippen LogP contribution in [-0.2, 0) is 0 Å². The first-order valence-electron chi connectivity index (χ1n) is 4.15. The molecule has 1 aromatic carbocycles. The number of aromatic carboxylic acids is 1. The van der Waals surface area contributed by atoms with Gasteiger partial charge in [-0.15, -0.1) is 0 Å². The van der Waals surface area contributed by atoms with Gasteiger partial charge in [0.15, 0.2) is 0 Å². The lowest BCUT2D eigenvalue weighted by Gasteiger charge is -2.08. The highest BCUT2D eigenvalue weighted by Crippen LogP contribution is 2.22. The zero-order chi connectivity index (χ0) is 10.6. The lowest BCUT2D eigenvalue weighted by molar-refractivity contribution is 0.0692. The predicted molar refractivity (Wildman–Crippen MR) is 52.4 cm³/mol. The molecule has 0 bridgehead atoms. The molecule has 0 saturated heterocycles. The van der Waals surface area contributed by atoms with Crippen molar-refractivity contribution in [3.05, 3.63) is 23.8 Å². The van der Waals surface area contributed by atoms with Crippen molar-refractivity contribution in [2.24, 2.45) is 5.84 Å². The average Bonchev–Trinajstić information content (AvgIpc) is 2.17. The molecule has 76 valence electrons. The summed E-state index contributed by atoms with van der Waals surface area (Å²) < 4.78 is 5.16. The van der Waals surface area contributed by atoms with Gasteiger partial charge < -0.3 is 15.3 Å². The van der Waals surface area contributed by atoms with Crippen LogP contribution in [0.1, 0.15) is 17.3 Å². The summed E-state index contributed by atoms with van der Waals surface area (Å²) in [5.41, 5.74) is 3.16. The van der Waals surface area contributed by atoms with Crippen LogP contribution in [0.3, 0.4) is 0 Å². The van der Waals surface area contributed by atoms with Crippen LogP contribution < -0.4 is 16.0 Å². The number of carboxylic acids is 1. The van der Waals surface area contributed by atoms with Crippen LogP contribution >= 0.6 is 0 Å². The van der Waals surface area contributed by atoms with Crippen LogP contribution in [0, 0.1) is 0 Å². The monoisotopic (exact) mass is 196 g/mol. The molecule has 1 rings (SSSR count). The molecular formula is C9H12N2O3. The van der Waals surface area contributed by atoms with Gasteiger partial charge in [0.1, 0.15) is 11.3 Å². The summed E-state index contributed by atoms with van der Waals surface area (Å²) in [5.74, 6) is 4.49. The fourth-order valence-electron chi connectivity index (χ4n) is 1.06. The standard InChI is InChI=1S/C9H12N2O3/c1-2-14-8-5-6(11-10)3-4-7(8)9(12)13/h3-5,11H,2,10H2,1H3,(H,12,13). The third-order valence-electron chi connectivity index (χ3n) is 1.68. The Morgan fingerprint density at radius 1 is 1.64 bits per heavy atom. The van der Waals surface area contributed by atoms with Gasteiger partial charge in [0.25, 0.3) is 0 Å². The summed E-state index contributed by atoms with van der Waals surface area (Å²) >= 11 is 0. The summed E-state index contributed by atoms with van der Waals surface area (Å²) in [7, 11) is 0. The van der Waals surface area contributed by atoms with E-state index in [0.717, 1.165) is 0 Å². The highest BCUT2D eigenvalue weighted by Gasteiger charge is 2.11. The molecule has 14 heavy (non-hydrogen) atoms. The van der Waals surface area contributed by atoms with E-state index in [1.165, 1.54) is 6.07 Å². The van der Waals surface area contributed by atoms with Gasteiger partial charge in [-0.1, -0.05) is 0 Å². The van der Waals surface area contributed by atoms with Crippen LogP contribution in [0.15, 0.2) is 18.2 Å². The van der Waals surface area contributed by atoms with E-state index in [1.54, 1.807) is 19.1 Å². The Bertz CT molecular complexity index is 339. The van der Waals surface area contributed by atoms with Crippen molar-refractivity contribution < 1.29 is 14.6 Å². The minimum atomic E-state index is -1.02. The van der Waals surface area contributed by atoms with E-state index in [1.807, 2.05) is 0 Å². The Hall–Kier alpha value is -1.75. The first kappa shape index (κ1) is 10.3. The van der Waals surface area contributed by atoms with Gasteiger partial charge in [-0.05, 0) is 19.1 Å². The van der Waals surface area contributed by atoms with Crippen molar-refractivity contribution in [1.29, 1.82) is 0 Å². The molecule has 0 fully saturated rings. The predicted octanol–water partition coefficient (Wildman–Crippen LogP) is 1.07. The first-order valence-corrected chi connectivity index (χ1v) is 4.15. The maximum absolute atomic E-state index is 10.8. The Labute approximate surface area is 81.5 Å². The fourth-order valence-corrected chi connectivity index (χ4v) is 1.06. The lowest BCUT2D eigenvalue weighted by Crippen LogP contribution is -2.08. The van der Waals surface area contributed by atoms with Crippen LogP contribution in [0.5, 0.6) is 5.75 Å². The Balaban J connectivity index is 3.10. The van der Waals surface area contributed by atoms with Crippen LogP contribution in [-0.4, -0.2) is 17.7 Å². The van der Waals surface area contributed by atoms with Gasteiger partial charge in [-0.2, -0.15) is 0 Å². The molecule has 0 heterocycles. The molecule has 0 unspecified atom stereocenters. The second kappa shape index (κ2) is 4.48. The van der Waals surface area contributed by atoms with Crippen LogP contribution in [0.4, 0.5) is 5.69 Å². The number of ether oxygens (including phenoxy) is 1. The van der Waals surface area contributed by atoms with E-state index in [9.17, 15) is 4.79 Å². The number of carboxylic acid groups (broad SMARTS) is 1. The van der Waals surface area contributed by atoms with Gasteiger partial charge in [-0.3, -0.25) is 5.84 Å². The number of rotatable bonds is 4. The van der Waals surface area contributed by atoms with E-state index in [2.05, 4.69) is 5.43 Å². The number of hydrazine groups is 1. The third kappa shape index (κ3) is 2.14. The smallest absolute Gasteiger partial charge is 0.339 e. The van der Waals surface area contributed by atoms with Gasteiger partial charge in [0.05, 0.1) is 12.3 Å².